The smallest absolute Gasteiger partial charge is 0.166 e. The first-order chi connectivity index (χ1) is 7.16. The molecular weight excluding hydrogens is 212 g/mol. The van der Waals surface area contributed by atoms with Crippen LogP contribution in [0.25, 0.3) is 11.0 Å². The molecule has 4 nitrogen and oxygen atoms in total. The Hall–Kier alpha value is -1.49. The first kappa shape index (κ1) is 10.0. The maximum absolute atomic E-state index is 10.5. The van der Waals surface area contributed by atoms with Gasteiger partial charge in [-0.15, -0.1) is 0 Å². The minimum absolute atomic E-state index is 0.605. The minimum atomic E-state index is -1.08. The number of nitrogens with one attached hydrogen (secondary N) is 1. The Balaban J connectivity index is 2.26. The number of carboxylic acids is 1. The van der Waals surface area contributed by atoms with Crippen molar-refractivity contribution in [2.75, 3.05) is 0 Å². The standard InChI is InChI=1S/C10H10N2O2S/c1-6(9(13)14)15-10-11-7-4-2-3-5-8(7)12-10/h2-6H,1H3,(H,11,12)(H,13,14)/p-1/t6-/m1/s1. The van der Waals surface area contributed by atoms with Crippen molar-refractivity contribution in [3.05, 3.63) is 24.3 Å². The number of carbonyl (C=O) groups excluding carboxylic acids is 1. The molecule has 0 bridgehead atoms. The Morgan fingerprint density at radius 2 is 2.27 bits per heavy atom. The van der Waals surface area contributed by atoms with Crippen molar-refractivity contribution in [3.8, 4) is 0 Å². The van der Waals surface area contributed by atoms with Crippen molar-refractivity contribution in [2.45, 2.75) is 17.3 Å². The molecule has 2 rings (SSSR count). The maximum atomic E-state index is 10.5. The molecule has 1 aromatic heterocycles. The number of aromatic nitrogens is 2. The molecule has 78 valence electrons. The van der Waals surface area contributed by atoms with Gasteiger partial charge in [-0.3, -0.25) is 0 Å². The lowest BCUT2D eigenvalue weighted by Gasteiger charge is -2.08. The van der Waals surface area contributed by atoms with E-state index in [0.29, 0.717) is 5.16 Å². The third kappa shape index (κ3) is 2.12. The van der Waals surface area contributed by atoms with Crippen LogP contribution in [0.4, 0.5) is 0 Å². The number of benzene rings is 1. The molecule has 1 heterocycles. The lowest BCUT2D eigenvalue weighted by Crippen LogP contribution is -2.31. The van der Waals surface area contributed by atoms with E-state index in [2.05, 4.69) is 9.97 Å². The van der Waals surface area contributed by atoms with E-state index >= 15 is 0 Å². The summed E-state index contributed by atoms with van der Waals surface area (Å²) in [7, 11) is 0. The fraction of sp³-hybridized carbons (Fsp3) is 0.200. The molecule has 1 N–H and O–H groups in total. The Kier molecular flexibility index (Phi) is 2.64. The first-order valence-electron chi connectivity index (χ1n) is 4.49. The van der Waals surface area contributed by atoms with Crippen LogP contribution in [0.5, 0.6) is 0 Å². The lowest BCUT2D eigenvalue weighted by molar-refractivity contribution is -0.304. The third-order valence-electron chi connectivity index (χ3n) is 1.99. The summed E-state index contributed by atoms with van der Waals surface area (Å²) in [5, 5.41) is 10.5. The van der Waals surface area contributed by atoms with E-state index in [4.69, 9.17) is 0 Å². The summed E-state index contributed by atoms with van der Waals surface area (Å²) >= 11 is 1.15. The molecule has 1 aromatic carbocycles. The van der Waals surface area contributed by atoms with E-state index in [-0.39, 0.29) is 0 Å². The quantitative estimate of drug-likeness (QED) is 0.778. The monoisotopic (exact) mass is 221 g/mol. The number of imidazole rings is 1. The average Bonchev–Trinajstić information content (AvgIpc) is 2.59. The van der Waals surface area contributed by atoms with E-state index in [9.17, 15) is 9.90 Å². The molecule has 0 aliphatic heterocycles. The normalized spacial score (nSPS) is 12.9. The highest BCUT2D eigenvalue weighted by atomic mass is 32.2. The largest absolute Gasteiger partial charge is 0.549 e. The molecule has 0 radical (unpaired) electrons. The van der Waals surface area contributed by atoms with Gasteiger partial charge in [0, 0.05) is 5.25 Å². The summed E-state index contributed by atoms with van der Waals surface area (Å²) < 4.78 is 0. The zero-order valence-electron chi connectivity index (χ0n) is 8.06. The van der Waals surface area contributed by atoms with E-state index in [1.54, 1.807) is 6.92 Å². The predicted molar refractivity (Wildman–Crippen MR) is 56.4 cm³/mol. The maximum Gasteiger partial charge on any atom is 0.166 e. The summed E-state index contributed by atoms with van der Waals surface area (Å²) in [4.78, 5) is 17.8. The number of hydrogen-bond donors (Lipinski definition) is 1. The SMILES string of the molecule is C[C@@H](Sc1nc2ccccc2[nH]1)C(=O)[O-]. The number of fused-ring (bicyclic) bond motifs is 1. The van der Waals surface area contributed by atoms with Crippen LogP contribution in [0.1, 0.15) is 6.92 Å². The number of nitrogens with zero attached hydrogens (tertiary/aromatic N) is 1. The number of rotatable bonds is 3. The number of aromatic amines is 1. The molecule has 15 heavy (non-hydrogen) atoms. The van der Waals surface area contributed by atoms with E-state index in [0.717, 1.165) is 22.8 Å². The molecule has 0 saturated carbocycles. The van der Waals surface area contributed by atoms with E-state index in [1.807, 2.05) is 24.3 Å². The first-order valence-corrected chi connectivity index (χ1v) is 5.37. The fourth-order valence-electron chi connectivity index (χ4n) is 1.20. The van der Waals surface area contributed by atoms with Crippen molar-refractivity contribution in [2.24, 2.45) is 0 Å². The number of hydrogen-bond acceptors (Lipinski definition) is 4. The van der Waals surface area contributed by atoms with Crippen molar-refractivity contribution >= 4 is 28.8 Å². The summed E-state index contributed by atoms with van der Waals surface area (Å²) in [5.74, 6) is -1.08. The van der Waals surface area contributed by atoms with Gasteiger partial charge < -0.3 is 14.9 Å². The molecular formula is C10H9N2O2S-. The van der Waals surface area contributed by atoms with Crippen LogP contribution in [0.15, 0.2) is 29.4 Å². The van der Waals surface area contributed by atoms with Gasteiger partial charge in [-0.05, 0) is 19.1 Å². The van der Waals surface area contributed by atoms with Crippen molar-refractivity contribution in [1.29, 1.82) is 0 Å². The summed E-state index contributed by atoms with van der Waals surface area (Å²) in [6, 6.07) is 7.56. The number of carboxylic acid groups (broad SMARTS) is 1. The second kappa shape index (κ2) is 3.94. The fourth-order valence-corrected chi connectivity index (χ4v) is 1.95. The van der Waals surface area contributed by atoms with Crippen LogP contribution >= 0.6 is 11.8 Å². The van der Waals surface area contributed by atoms with Crippen LogP contribution in [0.2, 0.25) is 0 Å². The highest BCUT2D eigenvalue weighted by molar-refractivity contribution is 8.00. The lowest BCUT2D eigenvalue weighted by atomic mass is 10.3. The van der Waals surface area contributed by atoms with Gasteiger partial charge in [-0.1, -0.05) is 23.9 Å². The van der Waals surface area contributed by atoms with Crippen LogP contribution in [0, 0.1) is 0 Å². The van der Waals surface area contributed by atoms with Gasteiger partial charge in [0.25, 0.3) is 0 Å². The summed E-state index contributed by atoms with van der Waals surface area (Å²) in [6.45, 7) is 1.58. The highest BCUT2D eigenvalue weighted by Gasteiger charge is 2.08. The van der Waals surface area contributed by atoms with Gasteiger partial charge in [0.05, 0.1) is 17.0 Å². The number of thioether (sulfide) groups is 1. The van der Waals surface area contributed by atoms with Crippen LogP contribution in [0.3, 0.4) is 0 Å². The Morgan fingerprint density at radius 3 is 2.93 bits per heavy atom. The number of para-hydroxylation sites is 2. The zero-order valence-corrected chi connectivity index (χ0v) is 8.88. The second-order valence-electron chi connectivity index (χ2n) is 3.14. The number of carbonyl (C=O) groups is 1. The molecule has 0 aliphatic carbocycles. The van der Waals surface area contributed by atoms with E-state index in [1.165, 1.54) is 0 Å². The highest BCUT2D eigenvalue weighted by Crippen LogP contribution is 2.22. The van der Waals surface area contributed by atoms with Gasteiger partial charge in [0.15, 0.2) is 5.16 Å². The molecule has 0 fully saturated rings. The molecule has 0 saturated heterocycles. The van der Waals surface area contributed by atoms with Crippen molar-refractivity contribution in [1.82, 2.24) is 9.97 Å². The number of H-pyrrole nitrogens is 1. The van der Waals surface area contributed by atoms with Crippen molar-refractivity contribution in [3.63, 3.8) is 0 Å². The van der Waals surface area contributed by atoms with Gasteiger partial charge in [-0.25, -0.2) is 4.98 Å². The molecule has 2 aromatic rings. The second-order valence-corrected chi connectivity index (χ2v) is 4.47. The summed E-state index contributed by atoms with van der Waals surface area (Å²) in [5.41, 5.74) is 1.75. The third-order valence-corrected chi connectivity index (χ3v) is 2.95. The van der Waals surface area contributed by atoms with Gasteiger partial charge in [0.1, 0.15) is 0 Å². The van der Waals surface area contributed by atoms with Gasteiger partial charge in [0.2, 0.25) is 0 Å². The van der Waals surface area contributed by atoms with Gasteiger partial charge >= 0.3 is 0 Å². The molecule has 5 heteroatoms. The molecule has 0 aliphatic rings. The molecule has 0 amide bonds. The Bertz CT molecular complexity index is 462. The molecule has 0 spiro atoms. The van der Waals surface area contributed by atoms with Crippen LogP contribution < -0.4 is 5.11 Å². The minimum Gasteiger partial charge on any atom is -0.549 e. The average molecular weight is 221 g/mol. The number of aliphatic carboxylic acids is 1. The Labute approximate surface area is 90.7 Å². The zero-order chi connectivity index (χ0) is 10.8. The van der Waals surface area contributed by atoms with Crippen LogP contribution in [-0.2, 0) is 4.79 Å². The van der Waals surface area contributed by atoms with E-state index < -0.39 is 11.2 Å². The van der Waals surface area contributed by atoms with Crippen LogP contribution in [-0.4, -0.2) is 21.2 Å². The summed E-state index contributed by atoms with van der Waals surface area (Å²) in [6.07, 6.45) is 0. The predicted octanol–water partition coefficient (Wildman–Crippen LogP) is 0.793. The topological polar surface area (TPSA) is 68.8 Å². The Morgan fingerprint density at radius 1 is 1.53 bits per heavy atom. The molecule has 0 unspecified atom stereocenters. The van der Waals surface area contributed by atoms with Gasteiger partial charge in [-0.2, -0.15) is 0 Å². The van der Waals surface area contributed by atoms with Crippen molar-refractivity contribution < 1.29 is 9.90 Å². The molecule has 1 atom stereocenters.